The van der Waals surface area contributed by atoms with Crippen LogP contribution in [0.15, 0.2) is 28.8 Å². The molecule has 0 saturated carbocycles. The highest BCUT2D eigenvalue weighted by Gasteiger charge is 2.49. The summed E-state index contributed by atoms with van der Waals surface area (Å²) in [6, 6.07) is 1.88. The van der Waals surface area contributed by atoms with Gasteiger partial charge in [-0.3, -0.25) is 4.90 Å². The molecule has 0 unspecified atom stereocenters. The molecule has 0 radical (unpaired) electrons. The molecule has 9 nitrogen and oxygen atoms in total. The SMILES string of the molecule is CCNS(=O)(=O)CCNc1ncc(Cl)cc1S(=O)(=O)N1CCCC2=C[C@H]3C[C@H](CN4CCCC[C@H]34)[C@@H]21. The average molecular weight is 558 g/mol. The minimum Gasteiger partial charge on any atom is -0.368 e. The van der Waals surface area contributed by atoms with E-state index in [2.05, 4.69) is 26.0 Å². The number of sulfonamides is 2. The van der Waals surface area contributed by atoms with Crippen LogP contribution in [0.1, 0.15) is 45.4 Å². The smallest absolute Gasteiger partial charge is 0.247 e. The molecule has 1 aliphatic carbocycles. The van der Waals surface area contributed by atoms with E-state index < -0.39 is 20.0 Å². The second kappa shape index (κ2) is 10.5. The first kappa shape index (κ1) is 26.4. The van der Waals surface area contributed by atoms with E-state index in [1.807, 2.05) is 0 Å². The Hall–Kier alpha value is -1.24. The molecule has 4 aliphatic rings. The Labute approximate surface area is 219 Å². The van der Waals surface area contributed by atoms with Gasteiger partial charge in [-0.05, 0) is 56.6 Å². The first-order valence-electron chi connectivity index (χ1n) is 13.0. The second-order valence-electron chi connectivity index (χ2n) is 10.4. The number of fused-ring (bicyclic) bond motifs is 6. The lowest BCUT2D eigenvalue weighted by atomic mass is 9.68. The number of piperidine rings is 3. The monoisotopic (exact) mass is 557 g/mol. The van der Waals surface area contributed by atoms with E-state index in [9.17, 15) is 16.8 Å². The molecule has 2 bridgehead atoms. The predicted octanol–water partition coefficient (Wildman–Crippen LogP) is 2.67. The highest BCUT2D eigenvalue weighted by atomic mass is 35.5. The van der Waals surface area contributed by atoms with Crippen molar-refractivity contribution in [3.8, 4) is 0 Å². The molecule has 200 valence electrons. The molecule has 3 fully saturated rings. The van der Waals surface area contributed by atoms with Gasteiger partial charge in [0.15, 0.2) is 0 Å². The number of nitrogens with zero attached hydrogens (tertiary/aromatic N) is 3. The highest BCUT2D eigenvalue weighted by Crippen LogP contribution is 2.46. The number of hydrogen-bond acceptors (Lipinski definition) is 7. The van der Waals surface area contributed by atoms with Gasteiger partial charge in [-0.1, -0.05) is 36.6 Å². The highest BCUT2D eigenvalue weighted by molar-refractivity contribution is 7.89. The normalized spacial score (nSPS) is 29.2. The van der Waals surface area contributed by atoms with E-state index in [1.54, 1.807) is 11.2 Å². The molecule has 0 aromatic carbocycles. The molecule has 2 N–H and O–H groups in total. The number of hydrogen-bond donors (Lipinski definition) is 2. The van der Waals surface area contributed by atoms with Crippen LogP contribution in [0.4, 0.5) is 5.82 Å². The Bertz CT molecular complexity index is 1220. The van der Waals surface area contributed by atoms with E-state index in [1.165, 1.54) is 37.1 Å². The molecule has 36 heavy (non-hydrogen) atoms. The zero-order valence-electron chi connectivity index (χ0n) is 20.7. The van der Waals surface area contributed by atoms with Crippen LogP contribution in [0.3, 0.4) is 0 Å². The summed E-state index contributed by atoms with van der Waals surface area (Å²) in [6.45, 7) is 4.53. The summed E-state index contributed by atoms with van der Waals surface area (Å²) in [6.07, 6.45) is 10.3. The van der Waals surface area contributed by atoms with Crippen LogP contribution in [-0.4, -0.2) is 81.6 Å². The lowest BCUT2D eigenvalue weighted by Crippen LogP contribution is -2.60. The molecule has 1 aromatic rings. The summed E-state index contributed by atoms with van der Waals surface area (Å²) in [7, 11) is -7.38. The molecule has 0 spiro atoms. The van der Waals surface area contributed by atoms with Crippen LogP contribution in [-0.2, 0) is 20.0 Å². The summed E-state index contributed by atoms with van der Waals surface area (Å²) in [4.78, 5) is 6.83. The molecule has 4 heterocycles. The standard InChI is InChI=1S/C24H36ClN5O4S2/c1-2-28-35(31,32)11-8-26-24-22(14-20(25)15-27-24)36(33,34)30-10-5-6-17-12-18-13-19(23(17)30)16-29-9-4-3-7-21(18)29/h12,14-15,18-19,21,23,28H,2-11,13,16H2,1H3,(H,26,27)/t18-,19+,21+,23+/m0/s1. The number of nitrogens with one attached hydrogen (secondary N) is 2. The molecule has 3 aliphatic heterocycles. The Balaban J connectivity index is 1.43. The Morgan fingerprint density at radius 2 is 2.00 bits per heavy atom. The summed E-state index contributed by atoms with van der Waals surface area (Å²) in [5.74, 6) is 0.732. The van der Waals surface area contributed by atoms with E-state index in [4.69, 9.17) is 11.6 Å². The Kier molecular flexibility index (Phi) is 7.69. The van der Waals surface area contributed by atoms with Gasteiger partial charge in [-0.15, -0.1) is 0 Å². The Morgan fingerprint density at radius 3 is 2.81 bits per heavy atom. The third-order valence-electron chi connectivity index (χ3n) is 8.04. The number of halogens is 1. The molecule has 0 amide bonds. The van der Waals surface area contributed by atoms with E-state index in [-0.39, 0.29) is 40.0 Å². The van der Waals surface area contributed by atoms with Gasteiger partial charge in [0.2, 0.25) is 20.0 Å². The predicted molar refractivity (Wildman–Crippen MR) is 141 cm³/mol. The zero-order chi connectivity index (χ0) is 25.5. The van der Waals surface area contributed by atoms with Crippen LogP contribution >= 0.6 is 11.6 Å². The number of aromatic nitrogens is 1. The van der Waals surface area contributed by atoms with Crippen molar-refractivity contribution < 1.29 is 16.8 Å². The summed E-state index contributed by atoms with van der Waals surface area (Å²) in [5.41, 5.74) is 1.26. The van der Waals surface area contributed by atoms with Gasteiger partial charge in [-0.25, -0.2) is 26.5 Å². The molecule has 1 aromatic heterocycles. The summed E-state index contributed by atoms with van der Waals surface area (Å²) < 4.78 is 56.4. The fraction of sp³-hybridized carbons (Fsp3) is 0.708. The van der Waals surface area contributed by atoms with Crippen LogP contribution in [0.2, 0.25) is 5.02 Å². The molecule has 12 heteroatoms. The van der Waals surface area contributed by atoms with Gasteiger partial charge in [0.1, 0.15) is 10.7 Å². The van der Waals surface area contributed by atoms with Crippen LogP contribution in [0.25, 0.3) is 0 Å². The first-order valence-corrected chi connectivity index (χ1v) is 16.5. The van der Waals surface area contributed by atoms with Crippen LogP contribution in [0, 0.1) is 11.8 Å². The molecular weight excluding hydrogens is 522 g/mol. The molecule has 4 atom stereocenters. The van der Waals surface area contributed by atoms with E-state index >= 15 is 0 Å². The van der Waals surface area contributed by atoms with Crippen molar-refractivity contribution in [1.29, 1.82) is 0 Å². The van der Waals surface area contributed by atoms with Gasteiger partial charge >= 0.3 is 0 Å². The van der Waals surface area contributed by atoms with Crippen molar-refractivity contribution in [2.45, 2.75) is 62.4 Å². The lowest BCUT2D eigenvalue weighted by molar-refractivity contribution is 0.0149. The molecule has 3 saturated heterocycles. The van der Waals surface area contributed by atoms with E-state index in [0.29, 0.717) is 25.0 Å². The van der Waals surface area contributed by atoms with Crippen LogP contribution < -0.4 is 10.0 Å². The second-order valence-corrected chi connectivity index (χ2v) is 14.6. The number of rotatable bonds is 8. The van der Waals surface area contributed by atoms with Gasteiger partial charge in [0.05, 0.1) is 16.8 Å². The van der Waals surface area contributed by atoms with Gasteiger partial charge < -0.3 is 5.32 Å². The maximum atomic E-state index is 14.1. The fourth-order valence-corrected chi connectivity index (χ4v) is 9.72. The van der Waals surface area contributed by atoms with E-state index in [0.717, 1.165) is 32.4 Å². The third kappa shape index (κ3) is 5.19. The minimum absolute atomic E-state index is 0.00545. The Morgan fingerprint density at radius 1 is 1.17 bits per heavy atom. The topological polar surface area (TPSA) is 112 Å². The third-order valence-corrected chi connectivity index (χ3v) is 11.6. The average Bonchev–Trinajstić information content (AvgIpc) is 2.84. The molecular formula is C24H36ClN5O4S2. The largest absolute Gasteiger partial charge is 0.368 e. The van der Waals surface area contributed by atoms with Crippen LogP contribution in [0.5, 0.6) is 0 Å². The van der Waals surface area contributed by atoms with Crippen molar-refractivity contribution in [2.24, 2.45) is 11.8 Å². The van der Waals surface area contributed by atoms with Crippen molar-refractivity contribution >= 4 is 37.5 Å². The minimum atomic E-state index is -3.93. The number of anilines is 1. The van der Waals surface area contributed by atoms with Gasteiger partial charge in [-0.2, -0.15) is 4.31 Å². The summed E-state index contributed by atoms with van der Waals surface area (Å²) in [5, 5.41) is 3.16. The quantitative estimate of drug-likeness (QED) is 0.473. The van der Waals surface area contributed by atoms with Gasteiger partial charge in [0, 0.05) is 38.4 Å². The zero-order valence-corrected chi connectivity index (χ0v) is 23.1. The van der Waals surface area contributed by atoms with Crippen molar-refractivity contribution in [3.63, 3.8) is 0 Å². The molecule has 5 rings (SSSR count). The van der Waals surface area contributed by atoms with Crippen molar-refractivity contribution in [3.05, 3.63) is 28.9 Å². The lowest BCUT2D eigenvalue weighted by Gasteiger charge is -2.54. The maximum absolute atomic E-state index is 14.1. The maximum Gasteiger partial charge on any atom is 0.247 e. The van der Waals surface area contributed by atoms with Crippen molar-refractivity contribution in [1.82, 2.24) is 18.9 Å². The first-order chi connectivity index (χ1) is 17.2. The van der Waals surface area contributed by atoms with Gasteiger partial charge in [0.25, 0.3) is 0 Å². The fourth-order valence-electron chi connectivity index (χ4n) is 6.67. The van der Waals surface area contributed by atoms with Crippen molar-refractivity contribution in [2.75, 3.05) is 43.8 Å². The number of pyridine rings is 1. The summed E-state index contributed by atoms with van der Waals surface area (Å²) >= 11 is 6.21.